The summed E-state index contributed by atoms with van der Waals surface area (Å²) in [6.07, 6.45) is 7.36. The molecule has 1 aliphatic rings. The molecule has 0 amide bonds. The summed E-state index contributed by atoms with van der Waals surface area (Å²) in [5.41, 5.74) is 0.582. The Balaban J connectivity index is 1.87. The molecule has 0 bridgehead atoms. The first-order valence-corrected chi connectivity index (χ1v) is 7.57. The zero-order valence-electron chi connectivity index (χ0n) is 10.1. The second kappa shape index (κ2) is 5.18. The molecule has 17 heavy (non-hydrogen) atoms. The fourth-order valence-corrected chi connectivity index (χ4v) is 3.57. The molecule has 1 aliphatic carbocycles. The molecular weight excluding hydrogens is 238 g/mol. The highest BCUT2D eigenvalue weighted by Gasteiger charge is 2.19. The van der Waals surface area contributed by atoms with E-state index in [2.05, 4.69) is 14.9 Å². The van der Waals surface area contributed by atoms with Crippen LogP contribution in [0.2, 0.25) is 0 Å². The number of sulfonamides is 1. The van der Waals surface area contributed by atoms with Crippen LogP contribution in [-0.2, 0) is 10.0 Å². The van der Waals surface area contributed by atoms with E-state index in [0.29, 0.717) is 18.2 Å². The van der Waals surface area contributed by atoms with Gasteiger partial charge in [-0.1, -0.05) is 25.7 Å². The maximum absolute atomic E-state index is 11.9. The Hall–Kier alpha value is -0.880. The molecule has 0 aliphatic heterocycles. The third-order valence-electron chi connectivity index (χ3n) is 3.39. The van der Waals surface area contributed by atoms with E-state index >= 15 is 0 Å². The molecule has 0 unspecified atom stereocenters. The molecule has 0 spiro atoms. The van der Waals surface area contributed by atoms with E-state index in [1.807, 2.05) is 0 Å². The first kappa shape index (κ1) is 12.6. The average Bonchev–Trinajstić information content (AvgIpc) is 2.88. The SMILES string of the molecule is Cc1[nH]ncc1S(=O)(=O)NCCC1CCCC1. The zero-order chi connectivity index (χ0) is 12.3. The Kier molecular flexibility index (Phi) is 3.83. The third kappa shape index (κ3) is 3.07. The maximum atomic E-state index is 11.9. The van der Waals surface area contributed by atoms with Crippen molar-refractivity contribution in [2.75, 3.05) is 6.54 Å². The second-order valence-corrected chi connectivity index (χ2v) is 6.43. The van der Waals surface area contributed by atoms with E-state index in [9.17, 15) is 8.42 Å². The summed E-state index contributed by atoms with van der Waals surface area (Å²) in [6.45, 7) is 2.23. The number of rotatable bonds is 5. The van der Waals surface area contributed by atoms with Crippen molar-refractivity contribution in [1.29, 1.82) is 0 Å². The van der Waals surface area contributed by atoms with E-state index in [4.69, 9.17) is 0 Å². The number of aryl methyl sites for hydroxylation is 1. The monoisotopic (exact) mass is 257 g/mol. The Bertz CT molecular complexity index is 461. The van der Waals surface area contributed by atoms with Crippen LogP contribution in [-0.4, -0.2) is 25.2 Å². The lowest BCUT2D eigenvalue weighted by Crippen LogP contribution is -2.26. The highest BCUT2D eigenvalue weighted by molar-refractivity contribution is 7.89. The minimum Gasteiger partial charge on any atom is -0.281 e. The summed E-state index contributed by atoms with van der Waals surface area (Å²) < 4.78 is 26.5. The average molecular weight is 257 g/mol. The minimum atomic E-state index is -3.38. The first-order valence-electron chi connectivity index (χ1n) is 6.09. The van der Waals surface area contributed by atoms with E-state index in [1.165, 1.54) is 31.9 Å². The number of hydrogen-bond acceptors (Lipinski definition) is 3. The van der Waals surface area contributed by atoms with Crippen LogP contribution >= 0.6 is 0 Å². The Morgan fingerprint density at radius 2 is 2.18 bits per heavy atom. The highest BCUT2D eigenvalue weighted by Crippen LogP contribution is 2.27. The standard InChI is InChI=1S/C11H19N3O2S/c1-9-11(8-12-14-9)17(15,16)13-7-6-10-4-2-3-5-10/h8,10,13H,2-7H2,1H3,(H,12,14). The largest absolute Gasteiger partial charge is 0.281 e. The smallest absolute Gasteiger partial charge is 0.243 e. The van der Waals surface area contributed by atoms with Crippen molar-refractivity contribution in [3.05, 3.63) is 11.9 Å². The lowest BCUT2D eigenvalue weighted by Gasteiger charge is -2.09. The molecule has 5 nitrogen and oxygen atoms in total. The Morgan fingerprint density at radius 3 is 2.76 bits per heavy atom. The predicted molar refractivity (Wildman–Crippen MR) is 65.1 cm³/mol. The molecule has 1 heterocycles. The van der Waals surface area contributed by atoms with Crippen molar-refractivity contribution in [3.8, 4) is 0 Å². The summed E-state index contributed by atoms with van der Waals surface area (Å²) in [6, 6.07) is 0. The van der Waals surface area contributed by atoms with Gasteiger partial charge in [0.2, 0.25) is 10.0 Å². The van der Waals surface area contributed by atoms with Crippen molar-refractivity contribution >= 4 is 10.0 Å². The number of nitrogens with one attached hydrogen (secondary N) is 2. The summed E-state index contributed by atoms with van der Waals surface area (Å²) in [7, 11) is -3.38. The van der Waals surface area contributed by atoms with Crippen molar-refractivity contribution in [3.63, 3.8) is 0 Å². The molecule has 0 saturated heterocycles. The number of aromatic amines is 1. The summed E-state index contributed by atoms with van der Waals surface area (Å²) in [4.78, 5) is 0.254. The van der Waals surface area contributed by atoms with Gasteiger partial charge in [-0.3, -0.25) is 5.10 Å². The molecule has 1 aromatic heterocycles. The normalized spacial score (nSPS) is 17.7. The number of H-pyrrole nitrogens is 1. The van der Waals surface area contributed by atoms with Gasteiger partial charge in [0.1, 0.15) is 4.90 Å². The van der Waals surface area contributed by atoms with Crippen molar-refractivity contribution < 1.29 is 8.42 Å². The van der Waals surface area contributed by atoms with Crippen LogP contribution in [0, 0.1) is 12.8 Å². The van der Waals surface area contributed by atoms with Gasteiger partial charge in [-0.2, -0.15) is 5.10 Å². The van der Waals surface area contributed by atoms with E-state index in [-0.39, 0.29) is 4.90 Å². The third-order valence-corrected chi connectivity index (χ3v) is 4.97. The zero-order valence-corrected chi connectivity index (χ0v) is 10.9. The van der Waals surface area contributed by atoms with Gasteiger partial charge >= 0.3 is 0 Å². The molecule has 96 valence electrons. The lowest BCUT2D eigenvalue weighted by molar-refractivity contribution is 0.495. The van der Waals surface area contributed by atoms with Gasteiger partial charge < -0.3 is 0 Å². The van der Waals surface area contributed by atoms with E-state index in [1.54, 1.807) is 6.92 Å². The number of aromatic nitrogens is 2. The van der Waals surface area contributed by atoms with Crippen LogP contribution in [0.1, 0.15) is 37.8 Å². The van der Waals surface area contributed by atoms with Gasteiger partial charge in [0, 0.05) is 6.54 Å². The molecule has 1 fully saturated rings. The maximum Gasteiger partial charge on any atom is 0.243 e. The lowest BCUT2D eigenvalue weighted by atomic mass is 10.1. The summed E-state index contributed by atoms with van der Waals surface area (Å²) >= 11 is 0. The van der Waals surface area contributed by atoms with E-state index < -0.39 is 10.0 Å². The Morgan fingerprint density at radius 1 is 1.47 bits per heavy atom. The predicted octanol–water partition coefficient (Wildman–Crippen LogP) is 1.58. The van der Waals surface area contributed by atoms with Crippen LogP contribution in [0.25, 0.3) is 0 Å². The van der Waals surface area contributed by atoms with Crippen LogP contribution in [0.3, 0.4) is 0 Å². The van der Waals surface area contributed by atoms with Gasteiger partial charge in [-0.05, 0) is 19.3 Å². The van der Waals surface area contributed by atoms with Gasteiger partial charge in [0.15, 0.2) is 0 Å². The molecule has 2 N–H and O–H groups in total. The molecule has 0 aromatic carbocycles. The van der Waals surface area contributed by atoms with Gasteiger partial charge in [0.05, 0.1) is 11.9 Å². The summed E-state index contributed by atoms with van der Waals surface area (Å²) in [5.74, 6) is 0.697. The van der Waals surface area contributed by atoms with Crippen LogP contribution in [0.15, 0.2) is 11.1 Å². The molecule has 0 atom stereocenters. The van der Waals surface area contributed by atoms with Gasteiger partial charge in [-0.25, -0.2) is 13.1 Å². The van der Waals surface area contributed by atoms with Gasteiger partial charge in [0.25, 0.3) is 0 Å². The van der Waals surface area contributed by atoms with Crippen molar-refractivity contribution in [2.24, 2.45) is 5.92 Å². The van der Waals surface area contributed by atoms with Crippen LogP contribution in [0.4, 0.5) is 0 Å². The topological polar surface area (TPSA) is 74.8 Å². The first-order chi connectivity index (χ1) is 8.09. The van der Waals surface area contributed by atoms with Crippen LogP contribution < -0.4 is 4.72 Å². The Labute approximate surface area is 102 Å². The van der Waals surface area contributed by atoms with Crippen molar-refractivity contribution in [2.45, 2.75) is 43.9 Å². The number of nitrogens with zero attached hydrogens (tertiary/aromatic N) is 1. The quantitative estimate of drug-likeness (QED) is 0.841. The van der Waals surface area contributed by atoms with Crippen molar-refractivity contribution in [1.82, 2.24) is 14.9 Å². The minimum absolute atomic E-state index is 0.254. The molecule has 1 saturated carbocycles. The second-order valence-electron chi connectivity index (χ2n) is 4.70. The molecule has 0 radical (unpaired) electrons. The van der Waals surface area contributed by atoms with Crippen LogP contribution in [0.5, 0.6) is 0 Å². The molecule has 6 heteroatoms. The molecular formula is C11H19N3O2S. The molecule has 2 rings (SSSR count). The van der Waals surface area contributed by atoms with E-state index in [0.717, 1.165) is 6.42 Å². The fourth-order valence-electron chi connectivity index (χ4n) is 2.38. The summed E-state index contributed by atoms with van der Waals surface area (Å²) in [5, 5.41) is 6.37. The fraction of sp³-hybridized carbons (Fsp3) is 0.727. The van der Waals surface area contributed by atoms with Gasteiger partial charge in [-0.15, -0.1) is 0 Å². The molecule has 1 aromatic rings. The highest BCUT2D eigenvalue weighted by atomic mass is 32.2. The number of hydrogen-bond donors (Lipinski definition) is 2.